The van der Waals surface area contributed by atoms with Gasteiger partial charge in [-0.2, -0.15) is 0 Å². The molecule has 138 valence electrons. The fraction of sp³-hybridized carbons (Fsp3) is 0.526. The number of aromatic nitrogens is 2. The largest absolute Gasteiger partial charge is 0.465 e. The zero-order valence-corrected chi connectivity index (χ0v) is 14.8. The maximum atomic E-state index is 12.0. The van der Waals surface area contributed by atoms with Crippen molar-refractivity contribution in [2.24, 2.45) is 0 Å². The summed E-state index contributed by atoms with van der Waals surface area (Å²) < 4.78 is 5.81. The predicted octanol–water partition coefficient (Wildman–Crippen LogP) is 2.47. The molecule has 2 bridgehead atoms. The molecule has 1 aromatic heterocycles. The molecule has 1 amide bonds. The maximum absolute atomic E-state index is 12.0. The van der Waals surface area contributed by atoms with Crippen LogP contribution in [0.4, 0.5) is 4.79 Å². The molecule has 2 aromatic rings. The molecule has 7 nitrogen and oxygen atoms in total. The molecule has 1 aromatic carbocycles. The summed E-state index contributed by atoms with van der Waals surface area (Å²) in [5.74, 6) is 0. The second-order valence-electron chi connectivity index (χ2n) is 7.38. The van der Waals surface area contributed by atoms with Crippen molar-refractivity contribution in [1.82, 2.24) is 14.9 Å². The number of ether oxygens (including phenoxy) is 1. The summed E-state index contributed by atoms with van der Waals surface area (Å²) in [4.78, 5) is 32.6. The molecule has 3 fully saturated rings. The number of para-hydroxylation sites is 1. The maximum Gasteiger partial charge on any atom is 0.407 e. The zero-order valence-electron chi connectivity index (χ0n) is 14.8. The number of aromatic amines is 1. The van der Waals surface area contributed by atoms with Gasteiger partial charge in [-0.3, -0.25) is 4.79 Å². The van der Waals surface area contributed by atoms with E-state index in [0.717, 1.165) is 36.8 Å². The van der Waals surface area contributed by atoms with E-state index in [1.54, 1.807) is 11.8 Å². The zero-order chi connectivity index (χ0) is 18.3. The Balaban J connectivity index is 1.61. The van der Waals surface area contributed by atoms with Crippen LogP contribution in [-0.2, 0) is 11.2 Å². The van der Waals surface area contributed by atoms with E-state index in [0.29, 0.717) is 36.9 Å². The number of amides is 1. The molecule has 0 unspecified atom stereocenters. The van der Waals surface area contributed by atoms with Crippen LogP contribution in [0.3, 0.4) is 0 Å². The van der Waals surface area contributed by atoms with Gasteiger partial charge in [0.15, 0.2) is 0 Å². The normalized spacial score (nSPS) is 24.7. The van der Waals surface area contributed by atoms with Gasteiger partial charge >= 0.3 is 6.09 Å². The van der Waals surface area contributed by atoms with E-state index < -0.39 is 11.6 Å². The number of hydrogen-bond acceptors (Lipinski definition) is 4. The highest BCUT2D eigenvalue weighted by Gasteiger charge is 2.47. The second kappa shape index (κ2) is 6.39. The Labute approximate surface area is 151 Å². The standard InChI is InChI=1S/C19H23N3O4/c1-12-17(23)21-15-4-2-3-13(16(15)20-12)7-10-22(18(24)25)19-8-5-14(6-9-19)26-11-19/h2-4,14H,5-11H2,1H3,(H,21,23)(H,24,25). The van der Waals surface area contributed by atoms with Gasteiger partial charge in [-0.1, -0.05) is 12.1 Å². The predicted molar refractivity (Wildman–Crippen MR) is 96.5 cm³/mol. The van der Waals surface area contributed by atoms with Gasteiger partial charge in [-0.05, 0) is 50.7 Å². The van der Waals surface area contributed by atoms with Crippen LogP contribution in [0.2, 0.25) is 0 Å². The van der Waals surface area contributed by atoms with Crippen LogP contribution < -0.4 is 5.56 Å². The molecule has 0 atom stereocenters. The summed E-state index contributed by atoms with van der Waals surface area (Å²) in [6, 6.07) is 5.62. The minimum atomic E-state index is -0.897. The van der Waals surface area contributed by atoms with Crippen molar-refractivity contribution in [2.45, 2.75) is 50.7 Å². The Morgan fingerprint density at radius 2 is 2.19 bits per heavy atom. The third-order valence-corrected chi connectivity index (χ3v) is 5.84. The fourth-order valence-electron chi connectivity index (χ4n) is 4.29. The van der Waals surface area contributed by atoms with Gasteiger partial charge in [0.25, 0.3) is 5.56 Å². The molecule has 2 saturated heterocycles. The van der Waals surface area contributed by atoms with Crippen molar-refractivity contribution in [1.29, 1.82) is 0 Å². The number of H-pyrrole nitrogens is 1. The van der Waals surface area contributed by atoms with Crippen molar-refractivity contribution >= 4 is 17.1 Å². The van der Waals surface area contributed by atoms with E-state index in [1.807, 2.05) is 18.2 Å². The molecule has 3 aliphatic rings. The number of hydrogen-bond donors (Lipinski definition) is 2. The number of nitrogens with zero attached hydrogens (tertiary/aromatic N) is 2. The van der Waals surface area contributed by atoms with Crippen LogP contribution >= 0.6 is 0 Å². The number of nitrogens with one attached hydrogen (secondary N) is 1. The lowest BCUT2D eigenvalue weighted by Gasteiger charge is -2.51. The molecule has 1 aliphatic carbocycles. The Kier molecular flexibility index (Phi) is 4.19. The van der Waals surface area contributed by atoms with Gasteiger partial charge in [0.1, 0.15) is 5.69 Å². The third-order valence-electron chi connectivity index (χ3n) is 5.84. The van der Waals surface area contributed by atoms with Crippen molar-refractivity contribution < 1.29 is 14.6 Å². The molecule has 5 rings (SSSR count). The summed E-state index contributed by atoms with van der Waals surface area (Å²) in [5, 5.41) is 9.82. The summed E-state index contributed by atoms with van der Waals surface area (Å²) in [6.07, 6.45) is 3.54. The van der Waals surface area contributed by atoms with Gasteiger partial charge in [0.05, 0.1) is 29.3 Å². The van der Waals surface area contributed by atoms with Gasteiger partial charge < -0.3 is 19.7 Å². The lowest BCUT2D eigenvalue weighted by molar-refractivity contribution is -0.126. The van der Waals surface area contributed by atoms with E-state index in [9.17, 15) is 14.7 Å². The van der Waals surface area contributed by atoms with Crippen LogP contribution in [0.25, 0.3) is 11.0 Å². The van der Waals surface area contributed by atoms with Crippen molar-refractivity contribution in [2.75, 3.05) is 13.2 Å². The lowest BCUT2D eigenvalue weighted by atomic mass is 9.77. The second-order valence-corrected chi connectivity index (χ2v) is 7.38. The smallest absolute Gasteiger partial charge is 0.407 e. The number of rotatable bonds is 4. The van der Waals surface area contributed by atoms with E-state index in [-0.39, 0.29) is 5.56 Å². The first-order chi connectivity index (χ1) is 12.5. The van der Waals surface area contributed by atoms with Crippen LogP contribution in [0.15, 0.2) is 23.0 Å². The quantitative estimate of drug-likeness (QED) is 0.876. The fourth-order valence-corrected chi connectivity index (χ4v) is 4.29. The number of fused-ring (bicyclic) bond motifs is 4. The average Bonchev–Trinajstić information content (AvgIpc) is 2.64. The lowest BCUT2D eigenvalue weighted by Crippen LogP contribution is -2.61. The summed E-state index contributed by atoms with van der Waals surface area (Å²) in [6.45, 7) is 2.56. The third kappa shape index (κ3) is 2.86. The van der Waals surface area contributed by atoms with E-state index in [4.69, 9.17) is 4.74 Å². The molecule has 1 saturated carbocycles. The monoisotopic (exact) mass is 357 g/mol. The number of benzene rings is 1. The summed E-state index contributed by atoms with van der Waals surface area (Å²) in [7, 11) is 0. The van der Waals surface area contributed by atoms with Crippen LogP contribution in [0.1, 0.15) is 36.9 Å². The van der Waals surface area contributed by atoms with Crippen molar-refractivity contribution in [3.05, 3.63) is 39.8 Å². The average molecular weight is 357 g/mol. The van der Waals surface area contributed by atoms with Crippen molar-refractivity contribution in [3.63, 3.8) is 0 Å². The first-order valence-corrected chi connectivity index (χ1v) is 9.09. The molecule has 0 spiro atoms. The van der Waals surface area contributed by atoms with Crippen LogP contribution in [0, 0.1) is 6.92 Å². The van der Waals surface area contributed by atoms with Gasteiger partial charge in [0.2, 0.25) is 0 Å². The first kappa shape index (κ1) is 17.0. The van der Waals surface area contributed by atoms with Crippen molar-refractivity contribution in [3.8, 4) is 0 Å². The van der Waals surface area contributed by atoms with Gasteiger partial charge in [-0.25, -0.2) is 9.78 Å². The van der Waals surface area contributed by atoms with E-state index in [1.165, 1.54) is 0 Å². The number of carbonyl (C=O) groups is 1. The number of carboxylic acid groups (broad SMARTS) is 1. The Hall–Kier alpha value is -2.41. The highest BCUT2D eigenvalue weighted by atomic mass is 16.5. The molecule has 0 radical (unpaired) electrons. The van der Waals surface area contributed by atoms with Gasteiger partial charge in [-0.15, -0.1) is 0 Å². The molecular formula is C19H23N3O4. The molecule has 26 heavy (non-hydrogen) atoms. The summed E-state index contributed by atoms with van der Waals surface area (Å²) >= 11 is 0. The van der Waals surface area contributed by atoms with E-state index in [2.05, 4.69) is 9.97 Å². The Bertz CT molecular complexity index is 886. The Morgan fingerprint density at radius 3 is 2.85 bits per heavy atom. The molecule has 2 aliphatic heterocycles. The molecule has 3 heterocycles. The van der Waals surface area contributed by atoms with E-state index >= 15 is 0 Å². The summed E-state index contributed by atoms with van der Waals surface area (Å²) in [5.41, 5.74) is 2.17. The topological polar surface area (TPSA) is 95.5 Å². The highest BCUT2D eigenvalue weighted by molar-refractivity contribution is 5.78. The molecular weight excluding hydrogens is 334 g/mol. The molecule has 2 N–H and O–H groups in total. The highest BCUT2D eigenvalue weighted by Crippen LogP contribution is 2.40. The molecule has 7 heteroatoms. The first-order valence-electron chi connectivity index (χ1n) is 9.09. The Morgan fingerprint density at radius 1 is 1.42 bits per heavy atom. The SMILES string of the molecule is Cc1nc2c(CCN(C(=O)O)C34CCC(CC3)OC4)cccc2[nH]c1=O. The van der Waals surface area contributed by atoms with Crippen LogP contribution in [0.5, 0.6) is 0 Å². The van der Waals surface area contributed by atoms with Gasteiger partial charge in [0, 0.05) is 6.54 Å². The minimum Gasteiger partial charge on any atom is -0.465 e. The number of aryl methyl sites for hydroxylation is 1. The minimum absolute atomic E-state index is 0.197. The van der Waals surface area contributed by atoms with Crippen LogP contribution in [-0.4, -0.2) is 50.9 Å².